The van der Waals surface area contributed by atoms with Crippen LogP contribution >= 0.6 is 39.9 Å². The predicted octanol–water partition coefficient (Wildman–Crippen LogP) is 4.43. The number of thiocarbonyl (C=S) groups is 1. The fourth-order valence-corrected chi connectivity index (χ4v) is 3.93. The summed E-state index contributed by atoms with van der Waals surface area (Å²) in [6.45, 7) is -0.197. The van der Waals surface area contributed by atoms with E-state index < -0.39 is 11.7 Å². The lowest BCUT2D eigenvalue weighted by Crippen LogP contribution is -2.36. The van der Waals surface area contributed by atoms with Crippen LogP contribution < -0.4 is 5.32 Å². The first kappa shape index (κ1) is 18.8. The average molecular weight is 451 g/mol. The highest BCUT2D eigenvalue weighted by molar-refractivity contribution is 9.10. The summed E-state index contributed by atoms with van der Waals surface area (Å²) in [5.74, 6) is -1.11. The molecule has 0 unspecified atom stereocenters. The highest BCUT2D eigenvalue weighted by Gasteiger charge is 2.33. The van der Waals surface area contributed by atoms with Gasteiger partial charge in [0.15, 0.2) is 0 Å². The SMILES string of the molecule is O=C(CN1C(=O)C(=Cc2cccc(Br)c2)SC1=S)Nc1ccc(F)cc1. The summed E-state index contributed by atoms with van der Waals surface area (Å²) in [5, 5.41) is 2.62. The van der Waals surface area contributed by atoms with Gasteiger partial charge in [0, 0.05) is 10.2 Å². The molecule has 1 aliphatic heterocycles. The van der Waals surface area contributed by atoms with Gasteiger partial charge in [0.25, 0.3) is 5.91 Å². The van der Waals surface area contributed by atoms with Crippen molar-refractivity contribution in [1.29, 1.82) is 0 Å². The number of thioether (sulfide) groups is 1. The van der Waals surface area contributed by atoms with Gasteiger partial charge in [0.2, 0.25) is 5.91 Å². The minimum atomic E-state index is -0.406. The van der Waals surface area contributed by atoms with Crippen LogP contribution in [0.3, 0.4) is 0 Å². The molecular weight excluding hydrogens is 439 g/mol. The van der Waals surface area contributed by atoms with Crippen molar-refractivity contribution in [3.8, 4) is 0 Å². The number of benzene rings is 2. The van der Waals surface area contributed by atoms with Gasteiger partial charge in [-0.1, -0.05) is 52.0 Å². The molecule has 1 fully saturated rings. The minimum absolute atomic E-state index is 0.197. The molecule has 2 aromatic carbocycles. The van der Waals surface area contributed by atoms with E-state index in [2.05, 4.69) is 21.2 Å². The van der Waals surface area contributed by atoms with Crippen LogP contribution in [0.4, 0.5) is 10.1 Å². The molecule has 3 rings (SSSR count). The Morgan fingerprint density at radius 2 is 2.00 bits per heavy atom. The number of anilines is 1. The third-order valence-corrected chi connectivity index (χ3v) is 5.32. The molecule has 0 atom stereocenters. The Labute approximate surface area is 167 Å². The molecule has 2 aromatic rings. The number of hydrogen-bond acceptors (Lipinski definition) is 4. The van der Waals surface area contributed by atoms with E-state index in [1.165, 1.54) is 29.2 Å². The topological polar surface area (TPSA) is 49.4 Å². The number of rotatable bonds is 4. The molecule has 0 bridgehead atoms. The third-order valence-electron chi connectivity index (χ3n) is 3.45. The van der Waals surface area contributed by atoms with Crippen molar-refractivity contribution in [3.05, 3.63) is 69.3 Å². The Balaban J connectivity index is 1.69. The first-order chi connectivity index (χ1) is 12.4. The first-order valence-electron chi connectivity index (χ1n) is 7.49. The van der Waals surface area contributed by atoms with Gasteiger partial charge >= 0.3 is 0 Å². The molecule has 26 heavy (non-hydrogen) atoms. The third kappa shape index (κ3) is 4.57. The number of carbonyl (C=O) groups excluding carboxylic acids is 2. The summed E-state index contributed by atoms with van der Waals surface area (Å²) in [5.41, 5.74) is 1.31. The quantitative estimate of drug-likeness (QED) is 0.552. The monoisotopic (exact) mass is 450 g/mol. The summed E-state index contributed by atoms with van der Waals surface area (Å²) in [4.78, 5) is 26.4. The van der Waals surface area contributed by atoms with E-state index >= 15 is 0 Å². The van der Waals surface area contributed by atoms with Gasteiger partial charge in [0.1, 0.15) is 16.7 Å². The second-order valence-electron chi connectivity index (χ2n) is 5.38. The summed E-state index contributed by atoms with van der Waals surface area (Å²) >= 11 is 9.77. The van der Waals surface area contributed by atoms with Crippen molar-refractivity contribution in [3.63, 3.8) is 0 Å². The van der Waals surface area contributed by atoms with Crippen molar-refractivity contribution in [2.75, 3.05) is 11.9 Å². The maximum Gasteiger partial charge on any atom is 0.266 e. The molecule has 1 N–H and O–H groups in total. The second-order valence-corrected chi connectivity index (χ2v) is 7.97. The Kier molecular flexibility index (Phi) is 5.85. The number of nitrogens with zero attached hydrogens (tertiary/aromatic N) is 1. The van der Waals surface area contributed by atoms with Crippen LogP contribution in [0.2, 0.25) is 0 Å². The normalized spacial score (nSPS) is 15.6. The van der Waals surface area contributed by atoms with Crippen LogP contribution in [0.15, 0.2) is 57.9 Å². The van der Waals surface area contributed by atoms with E-state index in [9.17, 15) is 14.0 Å². The van der Waals surface area contributed by atoms with Crippen LogP contribution in [0.5, 0.6) is 0 Å². The summed E-state index contributed by atoms with van der Waals surface area (Å²) in [7, 11) is 0. The van der Waals surface area contributed by atoms with Gasteiger partial charge in [-0.3, -0.25) is 14.5 Å². The maximum atomic E-state index is 12.9. The minimum Gasteiger partial charge on any atom is -0.325 e. The molecule has 0 spiro atoms. The lowest BCUT2D eigenvalue weighted by atomic mass is 10.2. The second kappa shape index (κ2) is 8.11. The molecular formula is C18H12BrFN2O2S2. The molecule has 1 heterocycles. The van der Waals surface area contributed by atoms with Crippen molar-refractivity contribution in [2.24, 2.45) is 0 Å². The van der Waals surface area contributed by atoms with Crippen molar-refractivity contribution in [1.82, 2.24) is 4.90 Å². The molecule has 0 saturated carbocycles. The van der Waals surface area contributed by atoms with E-state index in [0.29, 0.717) is 14.9 Å². The van der Waals surface area contributed by atoms with E-state index in [1.54, 1.807) is 6.08 Å². The number of halogens is 2. The highest BCUT2D eigenvalue weighted by atomic mass is 79.9. The fourth-order valence-electron chi connectivity index (χ4n) is 2.26. The lowest BCUT2D eigenvalue weighted by molar-refractivity contribution is -0.126. The summed E-state index contributed by atoms with van der Waals surface area (Å²) in [6.07, 6.45) is 1.74. The zero-order chi connectivity index (χ0) is 18.7. The average Bonchev–Trinajstić information content (AvgIpc) is 2.84. The van der Waals surface area contributed by atoms with Crippen molar-refractivity contribution in [2.45, 2.75) is 0 Å². The van der Waals surface area contributed by atoms with Crippen molar-refractivity contribution >= 4 is 67.8 Å². The first-order valence-corrected chi connectivity index (χ1v) is 9.50. The van der Waals surface area contributed by atoms with Gasteiger partial charge in [-0.15, -0.1) is 0 Å². The van der Waals surface area contributed by atoms with E-state index in [4.69, 9.17) is 12.2 Å². The van der Waals surface area contributed by atoms with Crippen LogP contribution in [0.1, 0.15) is 5.56 Å². The van der Waals surface area contributed by atoms with Crippen LogP contribution in [-0.2, 0) is 9.59 Å². The van der Waals surface area contributed by atoms with Crippen LogP contribution in [-0.4, -0.2) is 27.6 Å². The molecule has 0 aromatic heterocycles. The predicted molar refractivity (Wildman–Crippen MR) is 109 cm³/mol. The number of hydrogen-bond donors (Lipinski definition) is 1. The maximum absolute atomic E-state index is 12.9. The molecule has 0 radical (unpaired) electrons. The van der Waals surface area contributed by atoms with E-state index in [1.807, 2.05) is 24.3 Å². The van der Waals surface area contributed by atoms with E-state index in [0.717, 1.165) is 21.8 Å². The molecule has 0 aliphatic carbocycles. The summed E-state index contributed by atoms with van der Waals surface area (Å²) in [6, 6.07) is 12.9. The zero-order valence-electron chi connectivity index (χ0n) is 13.2. The lowest BCUT2D eigenvalue weighted by Gasteiger charge is -2.14. The van der Waals surface area contributed by atoms with Gasteiger partial charge in [0.05, 0.1) is 4.91 Å². The summed E-state index contributed by atoms with van der Waals surface area (Å²) < 4.78 is 14.1. The Morgan fingerprint density at radius 3 is 2.69 bits per heavy atom. The van der Waals surface area contributed by atoms with Gasteiger partial charge in [-0.25, -0.2) is 4.39 Å². The molecule has 4 nitrogen and oxygen atoms in total. The molecule has 1 saturated heterocycles. The molecule has 132 valence electrons. The number of carbonyl (C=O) groups is 2. The van der Waals surface area contributed by atoms with Crippen LogP contribution in [0.25, 0.3) is 6.08 Å². The standard InChI is InChI=1S/C18H12BrFN2O2S2/c19-12-3-1-2-11(8-12)9-15-17(24)22(18(25)26-15)10-16(23)21-14-6-4-13(20)5-7-14/h1-9H,10H2,(H,21,23). The van der Waals surface area contributed by atoms with Crippen LogP contribution in [0, 0.1) is 5.82 Å². The number of nitrogens with one attached hydrogen (secondary N) is 1. The Bertz CT molecular complexity index is 916. The Hall–Kier alpha value is -2.03. The van der Waals surface area contributed by atoms with Gasteiger partial charge < -0.3 is 5.32 Å². The molecule has 1 aliphatic rings. The number of amides is 2. The van der Waals surface area contributed by atoms with Gasteiger partial charge in [-0.05, 0) is 48.0 Å². The molecule has 2 amide bonds. The fraction of sp³-hybridized carbons (Fsp3) is 0.0556. The smallest absolute Gasteiger partial charge is 0.266 e. The largest absolute Gasteiger partial charge is 0.325 e. The van der Waals surface area contributed by atoms with Gasteiger partial charge in [-0.2, -0.15) is 0 Å². The zero-order valence-corrected chi connectivity index (χ0v) is 16.5. The highest BCUT2D eigenvalue weighted by Crippen LogP contribution is 2.32. The van der Waals surface area contributed by atoms with E-state index in [-0.39, 0.29) is 12.5 Å². The Morgan fingerprint density at radius 1 is 1.27 bits per heavy atom. The molecule has 8 heteroatoms. The van der Waals surface area contributed by atoms with Crippen molar-refractivity contribution < 1.29 is 14.0 Å².